The number of nitrogens with zero attached hydrogens (tertiary/aromatic N) is 3. The highest BCUT2D eigenvalue weighted by Crippen LogP contribution is 2.30. The highest BCUT2D eigenvalue weighted by molar-refractivity contribution is 6.01. The lowest BCUT2D eigenvalue weighted by Gasteiger charge is -2.33. The van der Waals surface area contributed by atoms with Gasteiger partial charge in [0.15, 0.2) is 0 Å². The molecule has 2 aliphatic rings. The van der Waals surface area contributed by atoms with Gasteiger partial charge in [0, 0.05) is 54.3 Å². The summed E-state index contributed by atoms with van der Waals surface area (Å²) >= 11 is 0. The van der Waals surface area contributed by atoms with Crippen LogP contribution in [0.2, 0.25) is 0 Å². The Morgan fingerprint density at radius 2 is 2.06 bits per heavy atom. The SMILES string of the molecule is CC1CN=CC=C1c1n[nH]c2ccc(C(=O)NC3CCCN(Cc4c(F)cccc4F)C3)cc12. The molecule has 0 aliphatic carbocycles. The van der Waals surface area contributed by atoms with Crippen molar-refractivity contribution < 1.29 is 13.6 Å². The van der Waals surface area contributed by atoms with Crippen molar-refractivity contribution in [1.82, 2.24) is 20.4 Å². The summed E-state index contributed by atoms with van der Waals surface area (Å²) in [6.07, 6.45) is 5.45. The van der Waals surface area contributed by atoms with Gasteiger partial charge in [-0.05, 0) is 61.4 Å². The monoisotopic (exact) mass is 463 g/mol. The molecule has 0 bridgehead atoms. The van der Waals surface area contributed by atoms with E-state index >= 15 is 0 Å². The largest absolute Gasteiger partial charge is 0.348 e. The highest BCUT2D eigenvalue weighted by Gasteiger charge is 2.24. The lowest BCUT2D eigenvalue weighted by molar-refractivity contribution is 0.0899. The number of dihydropyridines is 1. The van der Waals surface area contributed by atoms with Gasteiger partial charge in [0.1, 0.15) is 11.6 Å². The van der Waals surface area contributed by atoms with Crippen LogP contribution in [0.4, 0.5) is 8.78 Å². The van der Waals surface area contributed by atoms with Crippen molar-refractivity contribution in [3.05, 3.63) is 70.9 Å². The molecule has 1 fully saturated rings. The van der Waals surface area contributed by atoms with E-state index < -0.39 is 11.6 Å². The first kappa shape index (κ1) is 22.4. The van der Waals surface area contributed by atoms with E-state index in [1.54, 1.807) is 12.3 Å². The molecule has 1 saturated heterocycles. The van der Waals surface area contributed by atoms with Crippen LogP contribution in [-0.4, -0.2) is 52.9 Å². The predicted molar refractivity (Wildman–Crippen MR) is 129 cm³/mol. The summed E-state index contributed by atoms with van der Waals surface area (Å²) in [5.41, 5.74) is 3.45. The fourth-order valence-electron chi connectivity index (χ4n) is 4.79. The minimum Gasteiger partial charge on any atom is -0.348 e. The normalized spacial score (nSPS) is 21.0. The van der Waals surface area contributed by atoms with Crippen LogP contribution in [0.25, 0.3) is 16.5 Å². The molecule has 176 valence electrons. The van der Waals surface area contributed by atoms with Gasteiger partial charge in [-0.25, -0.2) is 8.78 Å². The van der Waals surface area contributed by atoms with E-state index in [9.17, 15) is 13.6 Å². The molecule has 2 N–H and O–H groups in total. The van der Waals surface area contributed by atoms with Gasteiger partial charge in [-0.15, -0.1) is 0 Å². The third-order valence-electron chi connectivity index (χ3n) is 6.65. The van der Waals surface area contributed by atoms with Gasteiger partial charge in [-0.1, -0.05) is 13.0 Å². The second-order valence-electron chi connectivity index (χ2n) is 9.12. The Kier molecular flexibility index (Phi) is 6.24. The molecule has 3 heterocycles. The molecule has 6 nitrogen and oxygen atoms in total. The van der Waals surface area contributed by atoms with E-state index in [1.165, 1.54) is 18.2 Å². The molecule has 2 atom stereocenters. The molecule has 0 saturated carbocycles. The van der Waals surface area contributed by atoms with Crippen molar-refractivity contribution in [2.24, 2.45) is 10.9 Å². The van der Waals surface area contributed by atoms with Crippen molar-refractivity contribution in [2.45, 2.75) is 32.4 Å². The summed E-state index contributed by atoms with van der Waals surface area (Å²) < 4.78 is 28.1. The number of hydrogen-bond acceptors (Lipinski definition) is 4. The van der Waals surface area contributed by atoms with Crippen molar-refractivity contribution in [3.63, 3.8) is 0 Å². The zero-order chi connectivity index (χ0) is 23.7. The first-order valence-electron chi connectivity index (χ1n) is 11.6. The van der Waals surface area contributed by atoms with Crippen molar-refractivity contribution in [2.75, 3.05) is 19.6 Å². The average Bonchev–Trinajstić information content (AvgIpc) is 3.25. The number of carbonyl (C=O) groups is 1. The van der Waals surface area contributed by atoms with E-state index in [-0.39, 0.29) is 30.0 Å². The van der Waals surface area contributed by atoms with Crippen LogP contribution in [0.15, 0.2) is 47.5 Å². The summed E-state index contributed by atoms with van der Waals surface area (Å²) in [4.78, 5) is 19.4. The fourth-order valence-corrected chi connectivity index (χ4v) is 4.79. The van der Waals surface area contributed by atoms with E-state index in [4.69, 9.17) is 0 Å². The number of aromatic nitrogens is 2. The van der Waals surface area contributed by atoms with Gasteiger partial charge in [-0.3, -0.25) is 19.8 Å². The molecular formula is C26H27F2N5O. The summed E-state index contributed by atoms with van der Waals surface area (Å²) in [7, 11) is 0. The molecule has 1 aromatic heterocycles. The second-order valence-corrected chi connectivity index (χ2v) is 9.12. The molecule has 2 aromatic carbocycles. The van der Waals surface area contributed by atoms with E-state index in [2.05, 4.69) is 27.4 Å². The van der Waals surface area contributed by atoms with Crippen molar-refractivity contribution in [1.29, 1.82) is 0 Å². The Morgan fingerprint density at radius 1 is 1.24 bits per heavy atom. The van der Waals surface area contributed by atoms with Crippen LogP contribution >= 0.6 is 0 Å². The van der Waals surface area contributed by atoms with Gasteiger partial charge < -0.3 is 5.32 Å². The minimum absolute atomic E-state index is 0.0729. The molecule has 8 heteroatoms. The maximum Gasteiger partial charge on any atom is 0.251 e. The van der Waals surface area contributed by atoms with E-state index in [0.717, 1.165) is 48.1 Å². The number of allylic oxidation sites excluding steroid dienone is 1. The molecule has 3 aromatic rings. The standard InChI is InChI=1S/C26H27F2N5O/c1-16-13-29-10-9-19(16)25-20-12-17(7-8-24(20)31-32-25)26(34)30-18-4-3-11-33(14-18)15-21-22(27)5-2-6-23(21)28/h2,5-10,12,16,18H,3-4,11,13-15H2,1H3,(H,30,34)(H,31,32). The number of aliphatic imine (C=N–C) groups is 1. The van der Waals surface area contributed by atoms with E-state index in [1.807, 2.05) is 23.1 Å². The molecular weight excluding hydrogens is 436 g/mol. The number of aromatic amines is 1. The van der Waals surface area contributed by atoms with Crippen molar-refractivity contribution in [3.8, 4) is 0 Å². The maximum atomic E-state index is 14.1. The van der Waals surface area contributed by atoms with Crippen LogP contribution in [0.1, 0.15) is 41.4 Å². The first-order valence-corrected chi connectivity index (χ1v) is 11.6. The summed E-state index contributed by atoms with van der Waals surface area (Å²) in [5.74, 6) is -0.986. The summed E-state index contributed by atoms with van der Waals surface area (Å²) in [5, 5.41) is 11.6. The summed E-state index contributed by atoms with van der Waals surface area (Å²) in [6.45, 7) is 4.30. The minimum atomic E-state index is -0.538. The second kappa shape index (κ2) is 9.46. The molecule has 2 unspecified atom stereocenters. The third-order valence-corrected chi connectivity index (χ3v) is 6.65. The number of H-pyrrole nitrogens is 1. The van der Waals surface area contributed by atoms with Crippen LogP contribution < -0.4 is 5.32 Å². The number of fused-ring (bicyclic) bond motifs is 1. The number of nitrogens with one attached hydrogen (secondary N) is 2. The summed E-state index contributed by atoms with van der Waals surface area (Å²) in [6, 6.07) is 9.36. The number of hydrogen-bond donors (Lipinski definition) is 2. The number of halogens is 2. The van der Waals surface area contributed by atoms with E-state index in [0.29, 0.717) is 12.1 Å². The number of rotatable bonds is 5. The molecule has 0 spiro atoms. The third kappa shape index (κ3) is 4.50. The van der Waals surface area contributed by atoms with Gasteiger partial charge >= 0.3 is 0 Å². The zero-order valence-electron chi connectivity index (χ0n) is 19.0. The molecule has 1 amide bonds. The lowest BCUT2D eigenvalue weighted by Crippen LogP contribution is -2.47. The number of benzene rings is 2. The van der Waals surface area contributed by atoms with Crippen molar-refractivity contribution >= 4 is 28.6 Å². The number of carbonyl (C=O) groups excluding carboxylic acids is 1. The predicted octanol–water partition coefficient (Wildman–Crippen LogP) is 4.34. The number of amides is 1. The Hall–Kier alpha value is -3.39. The molecule has 0 radical (unpaired) electrons. The Labute approximate surface area is 196 Å². The fraction of sp³-hybridized carbons (Fsp3) is 0.346. The van der Waals surface area contributed by atoms with Gasteiger partial charge in [0.25, 0.3) is 5.91 Å². The van der Waals surface area contributed by atoms with Crippen LogP contribution in [0.5, 0.6) is 0 Å². The average molecular weight is 464 g/mol. The van der Waals surface area contributed by atoms with Crippen LogP contribution in [0, 0.1) is 17.6 Å². The quantitative estimate of drug-likeness (QED) is 0.591. The Bertz CT molecular complexity index is 1260. The topological polar surface area (TPSA) is 73.4 Å². The maximum absolute atomic E-state index is 14.1. The van der Waals surface area contributed by atoms with Crippen LogP contribution in [-0.2, 0) is 6.54 Å². The Balaban J connectivity index is 1.30. The number of piperidine rings is 1. The highest BCUT2D eigenvalue weighted by atomic mass is 19.1. The molecule has 34 heavy (non-hydrogen) atoms. The van der Waals surface area contributed by atoms with Gasteiger partial charge in [0.2, 0.25) is 0 Å². The zero-order valence-corrected chi connectivity index (χ0v) is 19.0. The van der Waals surface area contributed by atoms with Gasteiger partial charge in [-0.2, -0.15) is 5.10 Å². The number of likely N-dealkylation sites (tertiary alicyclic amines) is 1. The lowest BCUT2D eigenvalue weighted by atomic mass is 9.94. The first-order chi connectivity index (χ1) is 16.5. The molecule has 2 aliphatic heterocycles. The van der Waals surface area contributed by atoms with Gasteiger partial charge in [0.05, 0.1) is 11.2 Å². The Morgan fingerprint density at radius 3 is 2.85 bits per heavy atom. The smallest absolute Gasteiger partial charge is 0.251 e. The van der Waals surface area contributed by atoms with Crippen LogP contribution in [0.3, 0.4) is 0 Å². The molecule has 5 rings (SSSR count).